The fourth-order valence-electron chi connectivity index (χ4n) is 2.16. The number of anilines is 1. The Kier molecular flexibility index (Phi) is 8.76. The van der Waals surface area contributed by atoms with E-state index in [4.69, 9.17) is 25.8 Å². The molecule has 2 N–H and O–H groups in total. The van der Waals surface area contributed by atoms with Crippen molar-refractivity contribution in [3.63, 3.8) is 0 Å². The van der Waals surface area contributed by atoms with Crippen LogP contribution in [0.2, 0.25) is 0 Å². The maximum atomic E-state index is 12.0. The van der Waals surface area contributed by atoms with Crippen molar-refractivity contribution in [2.75, 3.05) is 17.8 Å². The fourth-order valence-corrected chi connectivity index (χ4v) is 2.23. The third-order valence-electron chi connectivity index (χ3n) is 3.07. The highest BCUT2D eigenvalue weighted by molar-refractivity contribution is 6.29. The standard InChI is InChI=1S/C20H29ClN2O6/c1-19(2,3)28-16(25)12-27-17-13(11-22-18(26)29-20(4,5)6)8-7-9-14(17)23-15(24)10-21/h7-9H,10-12H2,1-6H3,(H,22,26)(H,23,24). The highest BCUT2D eigenvalue weighted by Gasteiger charge is 2.20. The summed E-state index contributed by atoms with van der Waals surface area (Å²) in [6.07, 6.45) is -0.606. The van der Waals surface area contributed by atoms with Gasteiger partial charge in [0.1, 0.15) is 22.8 Å². The molecule has 1 rings (SSSR count). The number of rotatable bonds is 7. The van der Waals surface area contributed by atoms with E-state index in [-0.39, 0.29) is 24.8 Å². The first-order valence-corrected chi connectivity index (χ1v) is 9.63. The van der Waals surface area contributed by atoms with Gasteiger partial charge in [-0.05, 0) is 47.6 Å². The van der Waals surface area contributed by atoms with Crippen LogP contribution in [0, 0.1) is 0 Å². The number of amides is 2. The topological polar surface area (TPSA) is 103 Å². The van der Waals surface area contributed by atoms with E-state index in [9.17, 15) is 14.4 Å². The SMILES string of the molecule is CC(C)(C)OC(=O)COc1c(CNC(=O)OC(C)(C)C)cccc1NC(=O)CCl. The van der Waals surface area contributed by atoms with Crippen molar-refractivity contribution in [3.05, 3.63) is 23.8 Å². The van der Waals surface area contributed by atoms with E-state index in [1.165, 1.54) is 0 Å². The van der Waals surface area contributed by atoms with Gasteiger partial charge in [-0.2, -0.15) is 0 Å². The van der Waals surface area contributed by atoms with Crippen LogP contribution in [0.5, 0.6) is 5.75 Å². The smallest absolute Gasteiger partial charge is 0.407 e. The molecule has 1 aromatic rings. The molecule has 2 amide bonds. The molecule has 0 heterocycles. The molecule has 0 radical (unpaired) electrons. The second kappa shape index (κ2) is 10.3. The minimum atomic E-state index is -0.659. The van der Waals surface area contributed by atoms with Crippen LogP contribution in [-0.4, -0.2) is 41.7 Å². The van der Waals surface area contributed by atoms with Gasteiger partial charge in [-0.25, -0.2) is 9.59 Å². The lowest BCUT2D eigenvalue weighted by atomic mass is 10.1. The highest BCUT2D eigenvalue weighted by Crippen LogP contribution is 2.29. The van der Waals surface area contributed by atoms with Crippen molar-refractivity contribution in [2.24, 2.45) is 0 Å². The first-order chi connectivity index (χ1) is 13.3. The summed E-state index contributed by atoms with van der Waals surface area (Å²) in [4.78, 5) is 35.7. The number of hydrogen-bond donors (Lipinski definition) is 2. The summed E-state index contributed by atoms with van der Waals surface area (Å²) in [6.45, 7) is 10.2. The summed E-state index contributed by atoms with van der Waals surface area (Å²) >= 11 is 5.56. The number of ether oxygens (including phenoxy) is 3. The van der Waals surface area contributed by atoms with Gasteiger partial charge >= 0.3 is 12.1 Å². The summed E-state index contributed by atoms with van der Waals surface area (Å²) in [5, 5.41) is 5.23. The Morgan fingerprint density at radius 3 is 2.17 bits per heavy atom. The molecule has 0 fully saturated rings. The second-order valence-electron chi connectivity index (χ2n) is 8.21. The van der Waals surface area contributed by atoms with Crippen LogP contribution in [0.15, 0.2) is 18.2 Å². The largest absolute Gasteiger partial charge is 0.479 e. The molecule has 0 aliphatic carbocycles. The van der Waals surface area contributed by atoms with Gasteiger partial charge in [0, 0.05) is 12.1 Å². The van der Waals surface area contributed by atoms with E-state index in [1.54, 1.807) is 59.7 Å². The highest BCUT2D eigenvalue weighted by atomic mass is 35.5. The van der Waals surface area contributed by atoms with Crippen molar-refractivity contribution in [1.82, 2.24) is 5.32 Å². The van der Waals surface area contributed by atoms with Crippen LogP contribution in [0.25, 0.3) is 0 Å². The number of alkyl halides is 1. The Balaban J connectivity index is 2.99. The third kappa shape index (κ3) is 10.0. The molecule has 0 saturated heterocycles. The number of carbonyl (C=O) groups is 3. The van der Waals surface area contributed by atoms with Crippen LogP contribution < -0.4 is 15.4 Å². The number of benzene rings is 1. The molecule has 0 spiro atoms. The molecule has 9 heteroatoms. The first-order valence-electron chi connectivity index (χ1n) is 9.10. The van der Waals surface area contributed by atoms with Gasteiger partial charge in [0.05, 0.1) is 5.69 Å². The Bertz CT molecular complexity index is 737. The number of carbonyl (C=O) groups excluding carboxylic acids is 3. The van der Waals surface area contributed by atoms with Crippen molar-refractivity contribution >= 4 is 35.3 Å². The number of para-hydroxylation sites is 1. The average molecular weight is 429 g/mol. The predicted octanol–water partition coefficient (Wildman–Crippen LogP) is 3.61. The molecule has 29 heavy (non-hydrogen) atoms. The summed E-state index contributed by atoms with van der Waals surface area (Å²) < 4.78 is 16.1. The van der Waals surface area contributed by atoms with E-state index in [0.29, 0.717) is 11.3 Å². The molecule has 0 aliphatic heterocycles. The molecule has 1 aromatic carbocycles. The van der Waals surface area contributed by atoms with Gasteiger partial charge in [0.25, 0.3) is 0 Å². The molecular weight excluding hydrogens is 400 g/mol. The lowest BCUT2D eigenvalue weighted by molar-refractivity contribution is -0.157. The van der Waals surface area contributed by atoms with Crippen LogP contribution in [0.1, 0.15) is 47.1 Å². The monoisotopic (exact) mass is 428 g/mol. The normalized spacial score (nSPS) is 11.4. The Labute approximate surface area is 176 Å². The van der Waals surface area contributed by atoms with Crippen LogP contribution in [0.4, 0.5) is 10.5 Å². The minimum Gasteiger partial charge on any atom is -0.479 e. The number of esters is 1. The summed E-state index contributed by atoms with van der Waals surface area (Å²) in [5.41, 5.74) is -0.445. The summed E-state index contributed by atoms with van der Waals surface area (Å²) in [7, 11) is 0. The molecule has 162 valence electrons. The zero-order valence-electron chi connectivity index (χ0n) is 17.7. The maximum absolute atomic E-state index is 12.0. The van der Waals surface area contributed by atoms with Gasteiger partial charge in [0.15, 0.2) is 6.61 Å². The van der Waals surface area contributed by atoms with Crippen LogP contribution in [-0.2, 0) is 25.6 Å². The lowest BCUT2D eigenvalue weighted by Crippen LogP contribution is -2.32. The molecule has 0 unspecified atom stereocenters. The van der Waals surface area contributed by atoms with Gasteiger partial charge < -0.3 is 24.8 Å². The number of alkyl carbamates (subject to hydrolysis) is 1. The average Bonchev–Trinajstić information content (AvgIpc) is 2.55. The van der Waals surface area contributed by atoms with E-state index in [2.05, 4.69) is 10.6 Å². The quantitative estimate of drug-likeness (QED) is 0.508. The summed E-state index contributed by atoms with van der Waals surface area (Å²) in [6, 6.07) is 4.97. The Morgan fingerprint density at radius 1 is 1.00 bits per heavy atom. The predicted molar refractivity (Wildman–Crippen MR) is 110 cm³/mol. The second-order valence-corrected chi connectivity index (χ2v) is 8.47. The van der Waals surface area contributed by atoms with E-state index in [1.807, 2.05) is 0 Å². The van der Waals surface area contributed by atoms with Gasteiger partial charge in [-0.15, -0.1) is 11.6 Å². The molecule has 0 aliphatic rings. The molecule has 0 atom stereocenters. The van der Waals surface area contributed by atoms with Crippen molar-refractivity contribution in [1.29, 1.82) is 0 Å². The van der Waals surface area contributed by atoms with E-state index >= 15 is 0 Å². The maximum Gasteiger partial charge on any atom is 0.407 e. The number of nitrogens with one attached hydrogen (secondary N) is 2. The molecule has 0 aromatic heterocycles. The van der Waals surface area contributed by atoms with Gasteiger partial charge in [0.2, 0.25) is 5.91 Å². The first kappa shape index (κ1) is 24.6. The Morgan fingerprint density at radius 2 is 1.62 bits per heavy atom. The number of halogens is 1. The van der Waals surface area contributed by atoms with Gasteiger partial charge in [-0.1, -0.05) is 12.1 Å². The lowest BCUT2D eigenvalue weighted by Gasteiger charge is -2.22. The van der Waals surface area contributed by atoms with E-state index < -0.39 is 29.2 Å². The summed E-state index contributed by atoms with van der Waals surface area (Å²) in [5.74, 6) is -1.02. The number of hydrogen-bond acceptors (Lipinski definition) is 6. The van der Waals surface area contributed by atoms with Crippen molar-refractivity contribution < 1.29 is 28.6 Å². The zero-order valence-corrected chi connectivity index (χ0v) is 18.4. The third-order valence-corrected chi connectivity index (χ3v) is 3.31. The fraction of sp³-hybridized carbons (Fsp3) is 0.550. The van der Waals surface area contributed by atoms with Crippen LogP contribution >= 0.6 is 11.6 Å². The molecule has 0 bridgehead atoms. The van der Waals surface area contributed by atoms with Crippen LogP contribution in [0.3, 0.4) is 0 Å². The van der Waals surface area contributed by atoms with Crippen molar-refractivity contribution in [3.8, 4) is 5.75 Å². The molecule has 0 saturated carbocycles. The molecular formula is C20H29ClN2O6. The van der Waals surface area contributed by atoms with Gasteiger partial charge in [-0.3, -0.25) is 4.79 Å². The Hall–Kier alpha value is -2.48. The van der Waals surface area contributed by atoms with Crippen molar-refractivity contribution in [2.45, 2.75) is 59.3 Å². The minimum absolute atomic E-state index is 0.0587. The zero-order chi connectivity index (χ0) is 22.2. The van der Waals surface area contributed by atoms with E-state index in [0.717, 1.165) is 0 Å². The molecule has 8 nitrogen and oxygen atoms in total.